The Labute approximate surface area is 83.5 Å². The van der Waals surface area contributed by atoms with E-state index in [1.807, 2.05) is 31.2 Å². The van der Waals surface area contributed by atoms with Crippen LogP contribution in [0.2, 0.25) is 0 Å². The van der Waals surface area contributed by atoms with Crippen molar-refractivity contribution in [3.05, 3.63) is 29.8 Å². The van der Waals surface area contributed by atoms with Crippen LogP contribution in [0.3, 0.4) is 0 Å². The minimum Gasteiger partial charge on any atom is -0.364 e. The van der Waals surface area contributed by atoms with E-state index in [-0.39, 0.29) is 0 Å². The summed E-state index contributed by atoms with van der Waals surface area (Å²) in [6, 6.07) is 8.03. The van der Waals surface area contributed by atoms with Crippen LogP contribution in [0.4, 0.5) is 5.69 Å². The summed E-state index contributed by atoms with van der Waals surface area (Å²) >= 11 is 4.90. The van der Waals surface area contributed by atoms with Gasteiger partial charge in [-0.25, -0.2) is 0 Å². The van der Waals surface area contributed by atoms with E-state index in [1.165, 1.54) is 5.56 Å². The summed E-state index contributed by atoms with van der Waals surface area (Å²) in [7, 11) is 1.77. The smallest absolute Gasteiger partial charge is 0.184 e. The molecule has 0 bridgehead atoms. The first-order chi connectivity index (χ1) is 6.22. The average Bonchev–Trinajstić information content (AvgIpc) is 2.14. The lowest BCUT2D eigenvalue weighted by molar-refractivity contribution is 1.04. The zero-order valence-electron chi connectivity index (χ0n) is 7.72. The van der Waals surface area contributed by atoms with Crippen molar-refractivity contribution in [1.29, 1.82) is 0 Å². The largest absolute Gasteiger partial charge is 0.364 e. The molecule has 1 rings (SSSR count). The summed E-state index contributed by atoms with van der Waals surface area (Å²) in [6.07, 6.45) is 0. The minimum absolute atomic E-state index is 0.571. The van der Waals surface area contributed by atoms with Crippen LogP contribution in [-0.4, -0.2) is 12.2 Å². The van der Waals surface area contributed by atoms with Crippen LogP contribution in [0.1, 0.15) is 5.56 Å². The first-order valence-electron chi connectivity index (χ1n) is 4.03. The van der Waals surface area contributed by atoms with Gasteiger partial charge >= 0.3 is 0 Å². The fraction of sp³-hybridized carbons (Fsp3) is 0.222. The molecule has 0 amide bonds. The fourth-order valence-electron chi connectivity index (χ4n) is 0.914. The molecular formula is C9H13N3S. The summed E-state index contributed by atoms with van der Waals surface area (Å²) in [5, 5.41) is 3.38. The number of aryl methyl sites for hydroxylation is 1. The Morgan fingerprint density at radius 1 is 1.38 bits per heavy atom. The zero-order chi connectivity index (χ0) is 9.68. The van der Waals surface area contributed by atoms with Gasteiger partial charge in [-0.3, -0.25) is 10.9 Å². The standard InChI is InChI=1S/C9H13N3S/c1-7-4-3-5-8(6-7)11-12-9(13)10-2/h3-6,11H,1-2H3,(H2,10,12,13). The maximum absolute atomic E-state index is 4.90. The molecule has 0 radical (unpaired) electrons. The summed E-state index contributed by atoms with van der Waals surface area (Å²) in [4.78, 5) is 0. The topological polar surface area (TPSA) is 36.1 Å². The Hall–Kier alpha value is -1.29. The number of hydrazine groups is 1. The van der Waals surface area contributed by atoms with E-state index < -0.39 is 0 Å². The molecule has 1 aromatic carbocycles. The SMILES string of the molecule is CNC(=S)NNc1cccc(C)c1. The number of benzene rings is 1. The lowest BCUT2D eigenvalue weighted by Gasteiger charge is -2.09. The number of nitrogens with one attached hydrogen (secondary N) is 3. The third kappa shape index (κ3) is 3.29. The van der Waals surface area contributed by atoms with Crippen LogP contribution in [0.5, 0.6) is 0 Å². The van der Waals surface area contributed by atoms with Crippen molar-refractivity contribution in [1.82, 2.24) is 10.7 Å². The minimum atomic E-state index is 0.571. The van der Waals surface area contributed by atoms with Gasteiger partial charge in [0.1, 0.15) is 0 Å². The van der Waals surface area contributed by atoms with E-state index in [9.17, 15) is 0 Å². The highest BCUT2D eigenvalue weighted by Crippen LogP contribution is 2.07. The van der Waals surface area contributed by atoms with Crippen LogP contribution < -0.4 is 16.2 Å². The molecule has 0 aliphatic heterocycles. The van der Waals surface area contributed by atoms with Crippen LogP contribution in [0.15, 0.2) is 24.3 Å². The molecule has 0 unspecified atom stereocenters. The van der Waals surface area contributed by atoms with E-state index >= 15 is 0 Å². The van der Waals surface area contributed by atoms with Crippen molar-refractivity contribution in [3.63, 3.8) is 0 Å². The molecular weight excluding hydrogens is 182 g/mol. The molecule has 3 N–H and O–H groups in total. The van der Waals surface area contributed by atoms with E-state index in [4.69, 9.17) is 12.2 Å². The quantitative estimate of drug-likeness (QED) is 0.492. The maximum atomic E-state index is 4.90. The van der Waals surface area contributed by atoms with Gasteiger partial charge in [-0.15, -0.1) is 0 Å². The van der Waals surface area contributed by atoms with Crippen LogP contribution in [0.25, 0.3) is 0 Å². The molecule has 0 heterocycles. The first kappa shape index (κ1) is 9.80. The van der Waals surface area contributed by atoms with Crippen LogP contribution in [0, 0.1) is 6.92 Å². The molecule has 0 aromatic heterocycles. The van der Waals surface area contributed by atoms with Crippen molar-refractivity contribution in [2.45, 2.75) is 6.92 Å². The molecule has 4 heteroatoms. The Kier molecular flexibility index (Phi) is 3.52. The second-order valence-electron chi connectivity index (χ2n) is 2.70. The molecule has 0 atom stereocenters. The van der Waals surface area contributed by atoms with Gasteiger partial charge in [-0.05, 0) is 36.8 Å². The van der Waals surface area contributed by atoms with Gasteiger partial charge in [0, 0.05) is 7.05 Å². The van der Waals surface area contributed by atoms with Crippen LogP contribution in [-0.2, 0) is 0 Å². The highest BCUT2D eigenvalue weighted by atomic mass is 32.1. The van der Waals surface area contributed by atoms with Crippen LogP contribution >= 0.6 is 12.2 Å². The average molecular weight is 195 g/mol. The Balaban J connectivity index is 2.50. The molecule has 0 spiro atoms. The molecule has 0 fully saturated rings. The van der Waals surface area contributed by atoms with Crippen molar-refractivity contribution in [2.24, 2.45) is 0 Å². The van der Waals surface area contributed by atoms with Crippen molar-refractivity contribution in [2.75, 3.05) is 12.5 Å². The number of rotatable bonds is 2. The van der Waals surface area contributed by atoms with E-state index in [1.54, 1.807) is 7.05 Å². The lowest BCUT2D eigenvalue weighted by Crippen LogP contribution is -2.36. The van der Waals surface area contributed by atoms with Gasteiger partial charge in [0.25, 0.3) is 0 Å². The van der Waals surface area contributed by atoms with Gasteiger partial charge in [0.15, 0.2) is 5.11 Å². The van der Waals surface area contributed by atoms with E-state index in [2.05, 4.69) is 16.2 Å². The highest BCUT2D eigenvalue weighted by Gasteiger charge is 1.91. The second kappa shape index (κ2) is 4.67. The second-order valence-corrected chi connectivity index (χ2v) is 3.11. The van der Waals surface area contributed by atoms with Crippen molar-refractivity contribution >= 4 is 23.0 Å². The predicted octanol–water partition coefficient (Wildman–Crippen LogP) is 1.42. The van der Waals surface area contributed by atoms with Gasteiger partial charge in [-0.1, -0.05) is 12.1 Å². The fourth-order valence-corrected chi connectivity index (χ4v) is 0.965. The van der Waals surface area contributed by atoms with Gasteiger partial charge < -0.3 is 5.32 Å². The monoisotopic (exact) mass is 195 g/mol. The Bertz CT molecular complexity index is 299. The predicted molar refractivity (Wildman–Crippen MR) is 59.6 cm³/mol. The Morgan fingerprint density at radius 2 is 2.15 bits per heavy atom. The zero-order valence-corrected chi connectivity index (χ0v) is 8.53. The molecule has 70 valence electrons. The van der Waals surface area contributed by atoms with E-state index in [0.717, 1.165) is 5.69 Å². The number of thiocarbonyl (C=S) groups is 1. The van der Waals surface area contributed by atoms with Crippen molar-refractivity contribution < 1.29 is 0 Å². The van der Waals surface area contributed by atoms with Gasteiger partial charge in [0.05, 0.1) is 5.69 Å². The Morgan fingerprint density at radius 3 is 2.77 bits per heavy atom. The third-order valence-corrected chi connectivity index (χ3v) is 1.87. The highest BCUT2D eigenvalue weighted by molar-refractivity contribution is 7.80. The first-order valence-corrected chi connectivity index (χ1v) is 4.43. The molecule has 0 saturated carbocycles. The summed E-state index contributed by atoms with van der Waals surface area (Å²) in [6.45, 7) is 2.04. The van der Waals surface area contributed by atoms with Gasteiger partial charge in [-0.2, -0.15) is 0 Å². The summed E-state index contributed by atoms with van der Waals surface area (Å²) in [5.41, 5.74) is 8.04. The van der Waals surface area contributed by atoms with Crippen molar-refractivity contribution in [3.8, 4) is 0 Å². The summed E-state index contributed by atoms with van der Waals surface area (Å²) in [5.74, 6) is 0. The lowest BCUT2D eigenvalue weighted by atomic mass is 10.2. The molecule has 0 aliphatic rings. The molecule has 13 heavy (non-hydrogen) atoms. The molecule has 0 aliphatic carbocycles. The molecule has 3 nitrogen and oxygen atoms in total. The number of hydrogen-bond acceptors (Lipinski definition) is 2. The molecule has 0 saturated heterocycles. The number of hydrogen-bond donors (Lipinski definition) is 3. The van der Waals surface area contributed by atoms with Gasteiger partial charge in [0.2, 0.25) is 0 Å². The maximum Gasteiger partial charge on any atom is 0.184 e. The third-order valence-electron chi connectivity index (χ3n) is 1.57. The van der Waals surface area contributed by atoms with E-state index in [0.29, 0.717) is 5.11 Å². The summed E-state index contributed by atoms with van der Waals surface area (Å²) < 4.78 is 0. The number of anilines is 1. The molecule has 1 aromatic rings. The normalized spacial score (nSPS) is 9.08.